The standard InChI is InChI=1S/C19H20ClF3N2O4S/c1-4-25(5-2)30(27,28)17-10-12(6-9-16(17)29-3)18(26)24-15-8-7-13(20)11-14(15)19(21,22)23/h6-11H,4-5H2,1-3H3,(H,24,26). The van der Waals surface area contributed by atoms with Gasteiger partial charge in [-0.1, -0.05) is 25.4 Å². The average Bonchev–Trinajstić information content (AvgIpc) is 2.68. The molecular formula is C19H20ClF3N2O4S. The highest BCUT2D eigenvalue weighted by atomic mass is 35.5. The van der Waals surface area contributed by atoms with Gasteiger partial charge in [0.2, 0.25) is 10.0 Å². The number of alkyl halides is 3. The van der Waals surface area contributed by atoms with Crippen LogP contribution < -0.4 is 10.1 Å². The summed E-state index contributed by atoms with van der Waals surface area (Å²) >= 11 is 5.64. The van der Waals surface area contributed by atoms with E-state index in [2.05, 4.69) is 5.32 Å². The summed E-state index contributed by atoms with van der Waals surface area (Å²) in [7, 11) is -2.70. The first-order chi connectivity index (χ1) is 13.9. The number of amides is 1. The van der Waals surface area contributed by atoms with Crippen LogP contribution in [0.1, 0.15) is 29.8 Å². The first kappa shape index (κ1) is 24.0. The number of nitrogens with zero attached hydrogens (tertiary/aromatic N) is 1. The lowest BCUT2D eigenvalue weighted by atomic mass is 10.1. The van der Waals surface area contributed by atoms with Crippen LogP contribution in [0, 0.1) is 0 Å². The van der Waals surface area contributed by atoms with Crippen molar-refractivity contribution in [3.05, 3.63) is 52.5 Å². The van der Waals surface area contributed by atoms with Crippen LogP contribution in [0.4, 0.5) is 18.9 Å². The Balaban J connectivity index is 2.48. The first-order valence-corrected chi connectivity index (χ1v) is 10.6. The van der Waals surface area contributed by atoms with E-state index in [0.29, 0.717) is 6.07 Å². The predicted octanol–water partition coefficient (Wildman–Crippen LogP) is 4.65. The zero-order valence-corrected chi connectivity index (χ0v) is 18.0. The number of anilines is 1. The SMILES string of the molecule is CCN(CC)S(=O)(=O)c1cc(C(=O)Nc2ccc(Cl)cc2C(F)(F)F)ccc1OC. The third kappa shape index (κ3) is 5.05. The topological polar surface area (TPSA) is 75.7 Å². The molecule has 0 fully saturated rings. The van der Waals surface area contributed by atoms with Crippen molar-refractivity contribution >= 4 is 33.2 Å². The Kier molecular flexibility index (Phi) is 7.38. The molecule has 0 aliphatic carbocycles. The fourth-order valence-corrected chi connectivity index (χ4v) is 4.59. The molecule has 0 saturated carbocycles. The number of carbonyl (C=O) groups is 1. The number of carbonyl (C=O) groups excluding carboxylic acids is 1. The number of rotatable bonds is 7. The molecule has 0 aromatic heterocycles. The lowest BCUT2D eigenvalue weighted by Crippen LogP contribution is -2.31. The summed E-state index contributed by atoms with van der Waals surface area (Å²) in [4.78, 5) is 12.3. The molecule has 2 rings (SSSR count). The van der Waals surface area contributed by atoms with E-state index in [1.807, 2.05) is 0 Å². The lowest BCUT2D eigenvalue weighted by Gasteiger charge is -2.20. The van der Waals surface area contributed by atoms with Gasteiger partial charge in [-0.05, 0) is 36.4 Å². The van der Waals surface area contributed by atoms with Crippen LogP contribution >= 0.6 is 11.6 Å². The maximum atomic E-state index is 13.3. The van der Waals surface area contributed by atoms with Crippen LogP contribution in [0.2, 0.25) is 5.02 Å². The van der Waals surface area contributed by atoms with E-state index in [0.717, 1.165) is 12.1 Å². The van der Waals surface area contributed by atoms with Gasteiger partial charge in [-0.2, -0.15) is 17.5 Å². The Morgan fingerprint density at radius 1 is 1.13 bits per heavy atom. The maximum Gasteiger partial charge on any atom is 0.418 e. The molecular weight excluding hydrogens is 445 g/mol. The number of hydrogen-bond acceptors (Lipinski definition) is 4. The highest BCUT2D eigenvalue weighted by Crippen LogP contribution is 2.37. The van der Waals surface area contributed by atoms with Crippen LogP contribution in [-0.4, -0.2) is 38.8 Å². The van der Waals surface area contributed by atoms with Crippen LogP contribution in [0.25, 0.3) is 0 Å². The van der Waals surface area contributed by atoms with E-state index >= 15 is 0 Å². The number of methoxy groups -OCH3 is 1. The largest absolute Gasteiger partial charge is 0.495 e. The van der Waals surface area contributed by atoms with Crippen LogP contribution in [0.15, 0.2) is 41.3 Å². The molecule has 0 spiro atoms. The normalized spacial score (nSPS) is 12.1. The van der Waals surface area contributed by atoms with E-state index in [4.69, 9.17) is 16.3 Å². The predicted molar refractivity (Wildman–Crippen MR) is 108 cm³/mol. The van der Waals surface area contributed by atoms with Crippen molar-refractivity contribution in [2.75, 3.05) is 25.5 Å². The van der Waals surface area contributed by atoms with Crippen molar-refractivity contribution in [1.82, 2.24) is 4.31 Å². The highest BCUT2D eigenvalue weighted by Gasteiger charge is 2.34. The molecule has 6 nitrogen and oxygen atoms in total. The summed E-state index contributed by atoms with van der Waals surface area (Å²) < 4.78 is 71.8. The molecule has 11 heteroatoms. The minimum Gasteiger partial charge on any atom is -0.495 e. The van der Waals surface area contributed by atoms with Crippen molar-refractivity contribution in [3.63, 3.8) is 0 Å². The molecule has 0 aliphatic heterocycles. The number of benzene rings is 2. The molecule has 164 valence electrons. The van der Waals surface area contributed by atoms with Crippen molar-refractivity contribution in [3.8, 4) is 5.75 Å². The Labute approximate surface area is 177 Å². The molecule has 1 N–H and O–H groups in total. The number of ether oxygens (including phenoxy) is 1. The minimum atomic E-state index is -4.75. The van der Waals surface area contributed by atoms with E-state index < -0.39 is 33.4 Å². The van der Waals surface area contributed by atoms with Crippen LogP contribution in [-0.2, 0) is 16.2 Å². The second kappa shape index (κ2) is 9.23. The van der Waals surface area contributed by atoms with Gasteiger partial charge >= 0.3 is 6.18 Å². The highest BCUT2D eigenvalue weighted by molar-refractivity contribution is 7.89. The number of nitrogens with one attached hydrogen (secondary N) is 1. The van der Waals surface area contributed by atoms with Gasteiger partial charge in [0.1, 0.15) is 10.6 Å². The van der Waals surface area contributed by atoms with Gasteiger partial charge in [0.05, 0.1) is 18.4 Å². The van der Waals surface area contributed by atoms with Crippen molar-refractivity contribution in [2.45, 2.75) is 24.9 Å². The second-order valence-electron chi connectivity index (χ2n) is 6.10. The third-order valence-electron chi connectivity index (χ3n) is 4.28. The Morgan fingerprint density at radius 2 is 1.77 bits per heavy atom. The molecule has 0 heterocycles. The Hall–Kier alpha value is -2.30. The molecule has 2 aromatic rings. The fourth-order valence-electron chi connectivity index (χ4n) is 2.78. The first-order valence-electron chi connectivity index (χ1n) is 8.82. The van der Waals surface area contributed by atoms with E-state index in [1.54, 1.807) is 13.8 Å². The van der Waals surface area contributed by atoms with Gasteiger partial charge in [0.25, 0.3) is 5.91 Å². The van der Waals surface area contributed by atoms with Crippen LogP contribution in [0.5, 0.6) is 5.75 Å². The van der Waals surface area contributed by atoms with Gasteiger partial charge in [0.15, 0.2) is 0 Å². The molecule has 0 radical (unpaired) electrons. The molecule has 0 atom stereocenters. The summed E-state index contributed by atoms with van der Waals surface area (Å²) in [5.74, 6) is -0.901. The number of halogens is 4. The summed E-state index contributed by atoms with van der Waals surface area (Å²) in [6, 6.07) is 6.54. The maximum absolute atomic E-state index is 13.3. The summed E-state index contributed by atoms with van der Waals surface area (Å²) in [6.07, 6.45) is -4.75. The van der Waals surface area contributed by atoms with Gasteiger partial charge < -0.3 is 10.1 Å². The van der Waals surface area contributed by atoms with Gasteiger partial charge in [-0.25, -0.2) is 8.42 Å². The van der Waals surface area contributed by atoms with E-state index in [-0.39, 0.29) is 34.3 Å². The van der Waals surface area contributed by atoms with Crippen LogP contribution in [0.3, 0.4) is 0 Å². The van der Waals surface area contributed by atoms with Gasteiger partial charge in [-0.3, -0.25) is 4.79 Å². The molecule has 0 bridgehead atoms. The Bertz CT molecular complexity index is 1040. The number of hydrogen-bond donors (Lipinski definition) is 1. The average molecular weight is 465 g/mol. The lowest BCUT2D eigenvalue weighted by molar-refractivity contribution is -0.136. The van der Waals surface area contributed by atoms with Gasteiger partial charge in [0, 0.05) is 23.7 Å². The summed E-state index contributed by atoms with van der Waals surface area (Å²) in [6.45, 7) is 3.70. The molecule has 0 aliphatic rings. The van der Waals surface area contributed by atoms with Crippen molar-refractivity contribution in [1.29, 1.82) is 0 Å². The van der Waals surface area contributed by atoms with Crippen molar-refractivity contribution < 1.29 is 31.1 Å². The minimum absolute atomic E-state index is 0.0147. The molecule has 0 saturated heterocycles. The van der Waals surface area contributed by atoms with Crippen molar-refractivity contribution in [2.24, 2.45) is 0 Å². The third-order valence-corrected chi connectivity index (χ3v) is 6.59. The smallest absolute Gasteiger partial charge is 0.418 e. The van der Waals surface area contributed by atoms with E-state index in [9.17, 15) is 26.4 Å². The zero-order chi connectivity index (χ0) is 22.7. The molecule has 2 aromatic carbocycles. The van der Waals surface area contributed by atoms with Gasteiger partial charge in [-0.15, -0.1) is 0 Å². The molecule has 1 amide bonds. The fraction of sp³-hybridized carbons (Fsp3) is 0.316. The summed E-state index contributed by atoms with van der Waals surface area (Å²) in [5, 5.41) is 2.03. The summed E-state index contributed by atoms with van der Waals surface area (Å²) in [5.41, 5.74) is -1.77. The molecule has 0 unspecified atom stereocenters. The second-order valence-corrected chi connectivity index (χ2v) is 8.44. The Morgan fingerprint density at radius 3 is 2.30 bits per heavy atom. The monoisotopic (exact) mass is 464 g/mol. The number of sulfonamides is 1. The quantitative estimate of drug-likeness (QED) is 0.647. The molecule has 30 heavy (non-hydrogen) atoms. The zero-order valence-electron chi connectivity index (χ0n) is 16.4. The van der Waals surface area contributed by atoms with E-state index in [1.165, 1.54) is 29.6 Å².